The van der Waals surface area contributed by atoms with E-state index < -0.39 is 26.7 Å². The Hall–Kier alpha value is -1.96. The Bertz CT molecular complexity index is 656. The van der Waals surface area contributed by atoms with Crippen molar-refractivity contribution in [2.45, 2.75) is 12.5 Å². The van der Waals surface area contributed by atoms with E-state index in [1.807, 2.05) is 0 Å². The van der Waals surface area contributed by atoms with Gasteiger partial charge < -0.3 is 4.90 Å². The summed E-state index contributed by atoms with van der Waals surface area (Å²) in [6.45, 7) is 0. The molecule has 1 heterocycles. The molecule has 0 N–H and O–H groups in total. The topological polar surface area (TPSA) is 97.6 Å². The minimum absolute atomic E-state index is 0.0238. The lowest BCUT2D eigenvalue weighted by Crippen LogP contribution is -2.38. The molecule has 108 valence electrons. The van der Waals surface area contributed by atoms with E-state index in [4.69, 9.17) is 0 Å². The van der Waals surface area contributed by atoms with Crippen LogP contribution < -0.4 is 0 Å². The van der Waals surface area contributed by atoms with Gasteiger partial charge in [-0.1, -0.05) is 12.1 Å². The van der Waals surface area contributed by atoms with E-state index in [9.17, 15) is 23.3 Å². The van der Waals surface area contributed by atoms with Crippen molar-refractivity contribution >= 4 is 21.4 Å². The molecule has 1 atom stereocenters. The Balaban J connectivity index is 2.26. The largest absolute Gasteiger partial charge is 0.337 e. The second kappa shape index (κ2) is 5.20. The van der Waals surface area contributed by atoms with Gasteiger partial charge in [0.2, 0.25) is 0 Å². The maximum absolute atomic E-state index is 12.3. The molecule has 1 amide bonds. The molecule has 0 aliphatic carbocycles. The summed E-state index contributed by atoms with van der Waals surface area (Å²) in [6.07, 6.45) is 0.366. The second-order valence-electron chi connectivity index (χ2n) is 4.75. The van der Waals surface area contributed by atoms with Gasteiger partial charge in [-0.3, -0.25) is 14.9 Å². The lowest BCUT2D eigenvalue weighted by Gasteiger charge is -2.23. The quantitative estimate of drug-likeness (QED) is 0.608. The number of benzene rings is 1. The average Bonchev–Trinajstić information content (AvgIpc) is 2.77. The van der Waals surface area contributed by atoms with E-state index in [2.05, 4.69) is 0 Å². The molecule has 8 heteroatoms. The molecule has 1 aliphatic heterocycles. The molecular weight excluding hydrogens is 284 g/mol. The van der Waals surface area contributed by atoms with Gasteiger partial charge in [-0.25, -0.2) is 8.42 Å². The number of hydrogen-bond acceptors (Lipinski definition) is 5. The van der Waals surface area contributed by atoms with Crippen LogP contribution >= 0.6 is 0 Å². The highest BCUT2D eigenvalue weighted by Gasteiger charge is 2.34. The zero-order valence-corrected chi connectivity index (χ0v) is 11.7. The number of nitro benzene ring substituents is 1. The first-order chi connectivity index (χ1) is 9.32. The predicted octanol–water partition coefficient (Wildman–Crippen LogP) is 0.854. The van der Waals surface area contributed by atoms with Crippen molar-refractivity contribution in [3.8, 4) is 0 Å². The fourth-order valence-corrected chi connectivity index (χ4v) is 4.02. The molecular formula is C12H14N2O5S. The molecule has 0 unspecified atom stereocenters. The molecule has 1 fully saturated rings. The maximum atomic E-state index is 12.3. The third kappa shape index (κ3) is 2.79. The number of para-hydroxylation sites is 1. The predicted molar refractivity (Wildman–Crippen MR) is 72.2 cm³/mol. The molecule has 1 aromatic rings. The first-order valence-electron chi connectivity index (χ1n) is 6.03. The third-order valence-electron chi connectivity index (χ3n) is 3.41. The van der Waals surface area contributed by atoms with Gasteiger partial charge in [0, 0.05) is 19.2 Å². The fraction of sp³-hybridized carbons (Fsp3) is 0.417. The van der Waals surface area contributed by atoms with Crippen LogP contribution in [-0.2, 0) is 9.84 Å². The van der Waals surface area contributed by atoms with Gasteiger partial charge in [-0.05, 0) is 12.5 Å². The fourth-order valence-electron chi connectivity index (χ4n) is 2.25. The average molecular weight is 298 g/mol. The van der Waals surface area contributed by atoms with Crippen molar-refractivity contribution in [2.24, 2.45) is 0 Å². The molecule has 0 spiro atoms. The van der Waals surface area contributed by atoms with Crippen LogP contribution in [-0.4, -0.2) is 48.7 Å². The Labute approximate surface area is 116 Å². The minimum atomic E-state index is -3.11. The van der Waals surface area contributed by atoms with Gasteiger partial charge in [0.25, 0.3) is 11.6 Å². The standard InChI is InChI=1S/C12H14N2O5S/c1-13(9-6-7-20(18,19)8-9)12(15)10-4-2-3-5-11(10)14(16)17/h2-5,9H,6-8H2,1H3/t9-/m0/s1. The molecule has 0 bridgehead atoms. The van der Waals surface area contributed by atoms with E-state index in [0.717, 1.165) is 0 Å². The summed E-state index contributed by atoms with van der Waals surface area (Å²) in [6, 6.07) is 5.23. The SMILES string of the molecule is CN(C(=O)c1ccccc1[N+](=O)[O-])[C@H]1CCS(=O)(=O)C1. The first kappa shape index (κ1) is 14.4. The monoisotopic (exact) mass is 298 g/mol. The van der Waals surface area contributed by atoms with Crippen molar-refractivity contribution in [1.29, 1.82) is 0 Å². The van der Waals surface area contributed by atoms with Gasteiger partial charge in [-0.2, -0.15) is 0 Å². The van der Waals surface area contributed by atoms with E-state index in [-0.39, 0.29) is 22.8 Å². The summed E-state index contributed by atoms with van der Waals surface area (Å²) in [5.41, 5.74) is -0.297. The number of carbonyl (C=O) groups is 1. The van der Waals surface area contributed by atoms with Crippen LogP contribution in [0, 0.1) is 10.1 Å². The van der Waals surface area contributed by atoms with Crippen LogP contribution in [0.4, 0.5) is 5.69 Å². The number of nitrogens with zero attached hydrogens (tertiary/aromatic N) is 2. The third-order valence-corrected chi connectivity index (χ3v) is 5.16. The molecule has 0 aromatic heterocycles. The summed E-state index contributed by atoms with van der Waals surface area (Å²) >= 11 is 0. The summed E-state index contributed by atoms with van der Waals surface area (Å²) in [7, 11) is -1.63. The molecule has 7 nitrogen and oxygen atoms in total. The number of carbonyl (C=O) groups excluding carboxylic acids is 1. The lowest BCUT2D eigenvalue weighted by atomic mass is 10.1. The maximum Gasteiger partial charge on any atom is 0.282 e. The smallest absolute Gasteiger partial charge is 0.282 e. The number of hydrogen-bond donors (Lipinski definition) is 0. The summed E-state index contributed by atoms with van der Waals surface area (Å²) in [4.78, 5) is 23.9. The zero-order chi connectivity index (χ0) is 14.9. The first-order valence-corrected chi connectivity index (χ1v) is 7.85. The highest BCUT2D eigenvalue weighted by molar-refractivity contribution is 7.91. The Morgan fingerprint density at radius 2 is 2.05 bits per heavy atom. The Morgan fingerprint density at radius 1 is 1.40 bits per heavy atom. The highest BCUT2D eigenvalue weighted by atomic mass is 32.2. The Kier molecular flexibility index (Phi) is 3.76. The number of nitro groups is 1. The highest BCUT2D eigenvalue weighted by Crippen LogP contribution is 2.23. The minimum Gasteiger partial charge on any atom is -0.337 e. The Morgan fingerprint density at radius 3 is 2.60 bits per heavy atom. The number of rotatable bonds is 3. The van der Waals surface area contributed by atoms with Crippen LogP contribution in [0.1, 0.15) is 16.8 Å². The van der Waals surface area contributed by atoms with Crippen LogP contribution in [0.5, 0.6) is 0 Å². The van der Waals surface area contributed by atoms with Crippen molar-refractivity contribution in [1.82, 2.24) is 4.90 Å². The molecule has 2 rings (SSSR count). The number of sulfone groups is 1. The number of amides is 1. The van der Waals surface area contributed by atoms with Crippen LogP contribution in [0.3, 0.4) is 0 Å². The molecule has 20 heavy (non-hydrogen) atoms. The van der Waals surface area contributed by atoms with E-state index in [1.54, 1.807) is 6.07 Å². The zero-order valence-electron chi connectivity index (χ0n) is 10.9. The van der Waals surface area contributed by atoms with Crippen molar-refractivity contribution < 1.29 is 18.1 Å². The van der Waals surface area contributed by atoms with Crippen molar-refractivity contribution in [3.63, 3.8) is 0 Å². The molecule has 0 radical (unpaired) electrons. The van der Waals surface area contributed by atoms with E-state index in [1.165, 1.54) is 30.1 Å². The lowest BCUT2D eigenvalue weighted by molar-refractivity contribution is -0.385. The normalized spacial score (nSPS) is 20.6. The molecule has 1 aliphatic rings. The second-order valence-corrected chi connectivity index (χ2v) is 6.98. The molecule has 1 aromatic carbocycles. The summed E-state index contributed by atoms with van der Waals surface area (Å²) in [5, 5.41) is 10.9. The molecule has 0 saturated carbocycles. The molecule has 1 saturated heterocycles. The van der Waals surface area contributed by atoms with E-state index in [0.29, 0.717) is 6.42 Å². The van der Waals surface area contributed by atoms with Crippen LogP contribution in [0.15, 0.2) is 24.3 Å². The van der Waals surface area contributed by atoms with Gasteiger partial charge in [0.1, 0.15) is 5.56 Å². The van der Waals surface area contributed by atoms with Gasteiger partial charge >= 0.3 is 0 Å². The van der Waals surface area contributed by atoms with Gasteiger partial charge in [0.15, 0.2) is 9.84 Å². The van der Waals surface area contributed by atoms with E-state index >= 15 is 0 Å². The van der Waals surface area contributed by atoms with Gasteiger partial charge in [0.05, 0.1) is 16.4 Å². The van der Waals surface area contributed by atoms with Crippen molar-refractivity contribution in [2.75, 3.05) is 18.6 Å². The summed E-state index contributed by atoms with van der Waals surface area (Å²) < 4.78 is 22.9. The van der Waals surface area contributed by atoms with Crippen LogP contribution in [0.2, 0.25) is 0 Å². The summed E-state index contributed by atoms with van der Waals surface area (Å²) in [5.74, 6) is -0.568. The van der Waals surface area contributed by atoms with Gasteiger partial charge in [-0.15, -0.1) is 0 Å². The van der Waals surface area contributed by atoms with Crippen molar-refractivity contribution in [3.05, 3.63) is 39.9 Å². The van der Waals surface area contributed by atoms with Crippen LogP contribution in [0.25, 0.3) is 0 Å².